The van der Waals surface area contributed by atoms with Crippen molar-refractivity contribution in [1.29, 1.82) is 0 Å². The molecule has 1 aliphatic heterocycles. The first-order valence-corrected chi connectivity index (χ1v) is 15.5. The summed E-state index contributed by atoms with van der Waals surface area (Å²) in [7, 11) is 5.99. The van der Waals surface area contributed by atoms with E-state index in [1.54, 1.807) is 14.2 Å². The maximum atomic E-state index is 14.9. The minimum Gasteiger partial charge on any atom is -0.497 e. The Morgan fingerprint density at radius 1 is 0.900 bits per heavy atom. The minimum absolute atomic E-state index is 0.294. The summed E-state index contributed by atoms with van der Waals surface area (Å²) in [5, 5.41) is 0. The van der Waals surface area contributed by atoms with Crippen LogP contribution < -0.4 is 19.3 Å². The van der Waals surface area contributed by atoms with Crippen LogP contribution in [0.5, 0.6) is 11.5 Å². The van der Waals surface area contributed by atoms with Crippen molar-refractivity contribution in [2.24, 2.45) is 0 Å². The minimum atomic E-state index is -1.42. The molecule has 3 aromatic rings. The van der Waals surface area contributed by atoms with Crippen molar-refractivity contribution < 1.29 is 13.7 Å². The van der Waals surface area contributed by atoms with Crippen LogP contribution in [0.3, 0.4) is 0 Å². The summed E-state index contributed by atoms with van der Waals surface area (Å²) in [6, 6.07) is 22.9. The lowest BCUT2D eigenvalue weighted by molar-refractivity contribution is 0.160. The first kappa shape index (κ1) is 29.9. The number of hydrogen-bond donors (Lipinski definition) is 0. The number of benzene rings is 3. The molecular weight excluding hydrogens is 518 g/mol. The summed E-state index contributed by atoms with van der Waals surface area (Å²) in [5.41, 5.74) is 3.88. The molecular formula is C33H45N3O3S. The van der Waals surface area contributed by atoms with Crippen LogP contribution in [0.25, 0.3) is 0 Å². The zero-order valence-corrected chi connectivity index (χ0v) is 25.8. The Labute approximate surface area is 243 Å². The predicted molar refractivity (Wildman–Crippen MR) is 167 cm³/mol. The van der Waals surface area contributed by atoms with Gasteiger partial charge in [0.1, 0.15) is 22.5 Å². The van der Waals surface area contributed by atoms with Crippen LogP contribution in [-0.2, 0) is 17.5 Å². The number of hydrogen-bond acceptors (Lipinski definition) is 5. The fraction of sp³-hybridized carbons (Fsp3) is 0.455. The van der Waals surface area contributed by atoms with Crippen LogP contribution >= 0.6 is 0 Å². The number of nitrogens with zero attached hydrogens (tertiary/aromatic N) is 3. The molecule has 0 aromatic heterocycles. The van der Waals surface area contributed by atoms with Gasteiger partial charge in [0.25, 0.3) is 0 Å². The lowest BCUT2D eigenvalue weighted by atomic mass is 9.85. The van der Waals surface area contributed by atoms with Gasteiger partial charge in [-0.25, -0.2) is 8.51 Å². The third kappa shape index (κ3) is 6.31. The second kappa shape index (κ2) is 13.6. The van der Waals surface area contributed by atoms with Gasteiger partial charge < -0.3 is 19.3 Å². The number of ether oxygens (including phenoxy) is 2. The molecule has 1 aliphatic rings. The van der Waals surface area contributed by atoms with Crippen LogP contribution in [0.4, 0.5) is 17.1 Å². The normalized spacial score (nSPS) is 16.8. The molecule has 0 spiro atoms. The smallest absolute Gasteiger partial charge is 0.143 e. The molecule has 1 atom stereocenters. The van der Waals surface area contributed by atoms with Gasteiger partial charge in [0.05, 0.1) is 36.0 Å². The molecule has 3 aromatic carbocycles. The Hall–Kier alpha value is -3.03. The van der Waals surface area contributed by atoms with E-state index in [1.165, 1.54) is 0 Å². The molecule has 0 bridgehead atoms. The van der Waals surface area contributed by atoms with E-state index in [0.717, 1.165) is 84.1 Å². The average molecular weight is 564 g/mol. The summed E-state index contributed by atoms with van der Waals surface area (Å²) >= 11 is 0. The van der Waals surface area contributed by atoms with E-state index in [1.807, 2.05) is 32.3 Å². The SMILES string of the molecule is CCCCC1(CCCC)CN(c2ccccc2)c2cc(N(C)C)c(OC)cc2S(=O)N1Cc1ccc(OC)cc1. The molecule has 7 heteroatoms. The van der Waals surface area contributed by atoms with Crippen LogP contribution in [-0.4, -0.2) is 48.9 Å². The third-order valence-electron chi connectivity index (χ3n) is 7.95. The van der Waals surface area contributed by atoms with Crippen LogP contribution in [0.1, 0.15) is 57.9 Å². The maximum Gasteiger partial charge on any atom is 0.143 e. The Bertz CT molecular complexity index is 1260. The zero-order chi connectivity index (χ0) is 28.7. The Morgan fingerprint density at radius 3 is 2.10 bits per heavy atom. The Balaban J connectivity index is 1.96. The number of para-hydroxylation sites is 1. The average Bonchev–Trinajstić information content (AvgIpc) is 3.08. The fourth-order valence-corrected chi connectivity index (χ4v) is 7.31. The topological polar surface area (TPSA) is 45.2 Å². The van der Waals surface area contributed by atoms with Gasteiger partial charge in [0.2, 0.25) is 0 Å². The number of anilines is 3. The van der Waals surface area contributed by atoms with Crippen LogP contribution in [0.15, 0.2) is 71.6 Å². The van der Waals surface area contributed by atoms with Gasteiger partial charge >= 0.3 is 0 Å². The molecule has 0 saturated heterocycles. The van der Waals surface area contributed by atoms with E-state index >= 15 is 0 Å². The van der Waals surface area contributed by atoms with Crippen LogP contribution in [0.2, 0.25) is 0 Å². The van der Waals surface area contributed by atoms with Gasteiger partial charge in [-0.1, -0.05) is 69.9 Å². The number of rotatable bonds is 12. The number of unbranched alkanes of at least 4 members (excludes halogenated alkanes) is 2. The third-order valence-corrected chi connectivity index (χ3v) is 9.57. The molecule has 0 aliphatic carbocycles. The highest BCUT2D eigenvalue weighted by molar-refractivity contribution is 7.83. The molecule has 0 N–H and O–H groups in total. The molecule has 216 valence electrons. The summed E-state index contributed by atoms with van der Waals surface area (Å²) < 4.78 is 28.5. The summed E-state index contributed by atoms with van der Waals surface area (Å²) in [6.07, 6.45) is 6.28. The Kier molecular flexibility index (Phi) is 10.1. The highest BCUT2D eigenvalue weighted by atomic mass is 32.2. The van der Waals surface area contributed by atoms with Crippen molar-refractivity contribution in [2.75, 3.05) is 44.7 Å². The second-order valence-corrected chi connectivity index (χ2v) is 12.3. The highest BCUT2D eigenvalue weighted by Crippen LogP contribution is 2.47. The largest absolute Gasteiger partial charge is 0.497 e. The first-order valence-electron chi connectivity index (χ1n) is 14.4. The van der Waals surface area contributed by atoms with Gasteiger partial charge in [-0.15, -0.1) is 0 Å². The highest BCUT2D eigenvalue weighted by Gasteiger charge is 2.45. The lowest BCUT2D eigenvalue weighted by Gasteiger charge is -2.44. The van der Waals surface area contributed by atoms with Crippen molar-refractivity contribution >= 4 is 28.0 Å². The molecule has 1 heterocycles. The first-order chi connectivity index (χ1) is 19.4. The number of methoxy groups -OCH3 is 2. The predicted octanol–water partition coefficient (Wildman–Crippen LogP) is 7.57. The van der Waals surface area contributed by atoms with E-state index in [-0.39, 0.29) is 5.54 Å². The van der Waals surface area contributed by atoms with E-state index in [2.05, 4.69) is 76.5 Å². The molecule has 6 nitrogen and oxygen atoms in total. The number of fused-ring (bicyclic) bond motifs is 1. The van der Waals surface area contributed by atoms with Crippen molar-refractivity contribution in [3.05, 3.63) is 72.3 Å². The maximum absolute atomic E-state index is 14.9. The van der Waals surface area contributed by atoms with Gasteiger partial charge in [-0.05, 0) is 48.7 Å². The summed E-state index contributed by atoms with van der Waals surface area (Å²) in [5.74, 6) is 1.55. The zero-order valence-electron chi connectivity index (χ0n) is 25.0. The lowest BCUT2D eigenvalue weighted by Crippen LogP contribution is -2.54. The fourth-order valence-electron chi connectivity index (χ4n) is 5.66. The monoisotopic (exact) mass is 563 g/mol. The van der Waals surface area contributed by atoms with Gasteiger partial charge in [0, 0.05) is 38.9 Å². The van der Waals surface area contributed by atoms with Crippen molar-refractivity contribution in [3.8, 4) is 11.5 Å². The van der Waals surface area contributed by atoms with E-state index in [4.69, 9.17) is 9.47 Å². The van der Waals surface area contributed by atoms with Gasteiger partial charge in [-0.3, -0.25) is 0 Å². The standard InChI is InChI=1S/C33H45N3O3S/c1-7-9-20-33(21-10-8-2)25-35(27-14-12-11-13-15-27)30-22-29(34(3)4)31(39-6)23-32(30)40(37)36(33)24-26-16-18-28(38-5)19-17-26/h11-19,22-23H,7-10,20-21,24-25H2,1-6H3. The molecule has 1 unspecified atom stereocenters. The molecule has 0 saturated carbocycles. The molecule has 0 amide bonds. The van der Waals surface area contributed by atoms with E-state index < -0.39 is 11.0 Å². The van der Waals surface area contributed by atoms with Gasteiger partial charge in [0.15, 0.2) is 0 Å². The van der Waals surface area contributed by atoms with E-state index in [9.17, 15) is 4.21 Å². The quantitative estimate of drug-likeness (QED) is 0.227. The molecule has 40 heavy (non-hydrogen) atoms. The van der Waals surface area contributed by atoms with Crippen LogP contribution in [0, 0.1) is 0 Å². The van der Waals surface area contributed by atoms with Gasteiger partial charge in [-0.2, -0.15) is 0 Å². The summed E-state index contributed by atoms with van der Waals surface area (Å²) in [6.45, 7) is 5.83. The molecule has 0 radical (unpaired) electrons. The molecule has 0 fully saturated rings. The molecule has 4 rings (SSSR count). The van der Waals surface area contributed by atoms with Crippen molar-refractivity contribution in [1.82, 2.24) is 4.31 Å². The second-order valence-electron chi connectivity index (χ2n) is 10.9. The summed E-state index contributed by atoms with van der Waals surface area (Å²) in [4.78, 5) is 5.25. The van der Waals surface area contributed by atoms with E-state index in [0.29, 0.717) is 6.54 Å². The van der Waals surface area contributed by atoms with Crippen molar-refractivity contribution in [2.45, 2.75) is 69.4 Å². The Morgan fingerprint density at radius 2 is 1.55 bits per heavy atom. The van der Waals surface area contributed by atoms with Crippen molar-refractivity contribution in [3.63, 3.8) is 0 Å².